The fourth-order valence-electron chi connectivity index (χ4n) is 3.42. The largest absolute Gasteiger partial charge is 0.469 e. The molecule has 22 heavy (non-hydrogen) atoms. The number of carbonyl (C=O) groups is 1. The number of carbonyl (C=O) groups excluding carboxylic acids is 1. The van der Waals surface area contributed by atoms with Crippen LogP contribution in [0.5, 0.6) is 0 Å². The molecule has 0 amide bonds. The number of rotatable bonds is 6. The molecule has 0 radical (unpaired) electrons. The molecule has 2 aliphatic rings. The van der Waals surface area contributed by atoms with Gasteiger partial charge >= 0.3 is 5.97 Å². The van der Waals surface area contributed by atoms with Gasteiger partial charge in [0, 0.05) is 25.7 Å². The van der Waals surface area contributed by atoms with Crippen LogP contribution in [0.4, 0.5) is 0 Å². The second kappa shape index (κ2) is 7.91. The van der Waals surface area contributed by atoms with E-state index in [1.807, 2.05) is 6.92 Å². The molecule has 0 saturated carbocycles. The van der Waals surface area contributed by atoms with Gasteiger partial charge in [-0.05, 0) is 19.3 Å². The number of fused-ring (bicyclic) bond motifs is 1. The molecule has 0 aliphatic carbocycles. The monoisotopic (exact) mass is 311 g/mol. The van der Waals surface area contributed by atoms with Crippen molar-refractivity contribution in [3.05, 3.63) is 11.4 Å². The fourth-order valence-corrected chi connectivity index (χ4v) is 3.42. The molecule has 2 saturated heterocycles. The highest BCUT2D eigenvalue weighted by Crippen LogP contribution is 2.39. The van der Waals surface area contributed by atoms with Gasteiger partial charge in [0.1, 0.15) is 0 Å². The molecule has 124 valence electrons. The molecule has 2 aliphatic heterocycles. The summed E-state index contributed by atoms with van der Waals surface area (Å²) in [5.41, 5.74) is 0. The summed E-state index contributed by atoms with van der Waals surface area (Å²) in [5, 5.41) is 9.69. The Bertz CT molecular complexity index is 421. The molecule has 0 aromatic heterocycles. The molecule has 1 N–H and O–H groups in total. The summed E-state index contributed by atoms with van der Waals surface area (Å²) in [4.78, 5) is 14.8. The molecule has 0 aromatic rings. The summed E-state index contributed by atoms with van der Waals surface area (Å²) in [7, 11) is 1.37. The van der Waals surface area contributed by atoms with Crippen LogP contribution >= 0.6 is 0 Å². The third-order valence-corrected chi connectivity index (χ3v) is 4.63. The van der Waals surface area contributed by atoms with Crippen LogP contribution in [0.15, 0.2) is 0 Å². The lowest BCUT2D eigenvalue weighted by Crippen LogP contribution is -2.41. The van der Waals surface area contributed by atoms with Crippen molar-refractivity contribution in [2.45, 2.75) is 69.5 Å². The van der Waals surface area contributed by atoms with Crippen LogP contribution in [0.3, 0.4) is 0 Å². The first kappa shape index (κ1) is 17.2. The third-order valence-electron chi connectivity index (χ3n) is 4.63. The van der Waals surface area contributed by atoms with E-state index in [9.17, 15) is 9.90 Å². The second-order valence-electron chi connectivity index (χ2n) is 6.19. The van der Waals surface area contributed by atoms with Gasteiger partial charge in [-0.25, -0.2) is 6.57 Å². The Hall–Kier alpha value is -1.16. The standard InChI is InChI=1S/C16H25NO5/c1-10(17-2)8-11-4-5-14-16(21-11)12(9-18)13(22-14)6-7-15(19)20-3/h10-14,16,18H,4-9H2,1,3H3/t10-,11-,12-,13+,14+,16?/m1/s1. The maximum Gasteiger partial charge on any atom is 0.305 e. The zero-order valence-electron chi connectivity index (χ0n) is 13.2. The van der Waals surface area contributed by atoms with E-state index in [2.05, 4.69) is 9.58 Å². The number of methoxy groups -OCH3 is 1. The van der Waals surface area contributed by atoms with Gasteiger partial charge in [0.05, 0.1) is 38.1 Å². The average Bonchev–Trinajstić information content (AvgIpc) is 2.89. The predicted octanol–water partition coefficient (Wildman–Crippen LogP) is 1.56. The molecule has 0 spiro atoms. The van der Waals surface area contributed by atoms with Crippen LogP contribution in [-0.2, 0) is 19.0 Å². The lowest BCUT2D eigenvalue weighted by Gasteiger charge is -2.33. The van der Waals surface area contributed by atoms with E-state index in [1.54, 1.807) is 0 Å². The summed E-state index contributed by atoms with van der Waals surface area (Å²) < 4.78 is 16.7. The highest BCUT2D eigenvalue weighted by atomic mass is 16.6. The second-order valence-corrected chi connectivity index (χ2v) is 6.19. The average molecular weight is 311 g/mol. The molecule has 2 fully saturated rings. The first-order chi connectivity index (χ1) is 10.6. The Morgan fingerprint density at radius 2 is 2.23 bits per heavy atom. The van der Waals surface area contributed by atoms with Gasteiger partial charge < -0.3 is 24.2 Å². The van der Waals surface area contributed by atoms with Crippen molar-refractivity contribution in [1.82, 2.24) is 0 Å². The van der Waals surface area contributed by atoms with Crippen molar-refractivity contribution in [3.63, 3.8) is 0 Å². The first-order valence-corrected chi connectivity index (χ1v) is 7.94. The van der Waals surface area contributed by atoms with E-state index < -0.39 is 0 Å². The highest BCUT2D eigenvalue weighted by Gasteiger charge is 2.48. The Labute approximate surface area is 131 Å². The third kappa shape index (κ3) is 3.97. The zero-order valence-corrected chi connectivity index (χ0v) is 13.2. The molecule has 6 heteroatoms. The first-order valence-electron chi connectivity index (χ1n) is 7.94. The molecule has 2 heterocycles. The Morgan fingerprint density at radius 1 is 1.45 bits per heavy atom. The van der Waals surface area contributed by atoms with E-state index in [-0.39, 0.29) is 55.4 Å². The fraction of sp³-hybridized carbons (Fsp3) is 0.875. The summed E-state index contributed by atoms with van der Waals surface area (Å²) in [6.45, 7) is 8.94. The van der Waals surface area contributed by atoms with Gasteiger partial charge in [-0.1, -0.05) is 0 Å². The molecule has 6 nitrogen and oxygen atoms in total. The quantitative estimate of drug-likeness (QED) is 0.595. The van der Waals surface area contributed by atoms with Gasteiger partial charge in [-0.3, -0.25) is 4.79 Å². The maximum absolute atomic E-state index is 11.3. The predicted molar refractivity (Wildman–Crippen MR) is 79.1 cm³/mol. The van der Waals surface area contributed by atoms with Crippen molar-refractivity contribution in [1.29, 1.82) is 0 Å². The number of aliphatic hydroxyl groups excluding tert-OH is 1. The topological polar surface area (TPSA) is 69.4 Å². The normalized spacial score (nSPS) is 35.5. The van der Waals surface area contributed by atoms with E-state index in [4.69, 9.17) is 16.0 Å². The molecule has 6 atom stereocenters. The van der Waals surface area contributed by atoms with Gasteiger partial charge in [0.25, 0.3) is 0 Å². The molecule has 2 rings (SSSR count). The van der Waals surface area contributed by atoms with Crippen molar-refractivity contribution >= 4 is 5.97 Å². The van der Waals surface area contributed by atoms with Gasteiger partial charge in [0.2, 0.25) is 6.04 Å². The molecule has 1 unspecified atom stereocenters. The lowest BCUT2D eigenvalue weighted by molar-refractivity contribution is -0.141. The van der Waals surface area contributed by atoms with Crippen LogP contribution in [0, 0.1) is 12.5 Å². The number of ether oxygens (including phenoxy) is 3. The van der Waals surface area contributed by atoms with Crippen molar-refractivity contribution < 1.29 is 24.1 Å². The summed E-state index contributed by atoms with van der Waals surface area (Å²) in [6, 6.07) is -0.0495. The Balaban J connectivity index is 1.92. The van der Waals surface area contributed by atoms with E-state index in [0.29, 0.717) is 6.42 Å². The smallest absolute Gasteiger partial charge is 0.305 e. The minimum absolute atomic E-state index is 0.0145. The van der Waals surface area contributed by atoms with E-state index in [1.165, 1.54) is 7.11 Å². The Morgan fingerprint density at radius 3 is 2.86 bits per heavy atom. The van der Waals surface area contributed by atoms with E-state index >= 15 is 0 Å². The van der Waals surface area contributed by atoms with Crippen molar-refractivity contribution in [2.75, 3.05) is 13.7 Å². The number of hydrogen-bond donors (Lipinski definition) is 1. The number of hydrogen-bond acceptors (Lipinski definition) is 5. The molecular weight excluding hydrogens is 286 g/mol. The minimum Gasteiger partial charge on any atom is -0.469 e. The van der Waals surface area contributed by atoms with Gasteiger partial charge in [-0.2, -0.15) is 0 Å². The van der Waals surface area contributed by atoms with Gasteiger partial charge in [0.15, 0.2) is 0 Å². The zero-order chi connectivity index (χ0) is 16.1. The maximum atomic E-state index is 11.3. The number of aliphatic hydroxyl groups is 1. The number of esters is 1. The van der Waals surface area contributed by atoms with Crippen LogP contribution in [-0.4, -0.2) is 55.3 Å². The Kier molecular flexibility index (Phi) is 6.18. The molecule has 0 aromatic carbocycles. The molecule has 0 bridgehead atoms. The summed E-state index contributed by atoms with van der Waals surface area (Å²) >= 11 is 0. The molecular formula is C16H25NO5. The van der Waals surface area contributed by atoms with Crippen LogP contribution in [0.2, 0.25) is 0 Å². The highest BCUT2D eigenvalue weighted by molar-refractivity contribution is 5.69. The van der Waals surface area contributed by atoms with Crippen molar-refractivity contribution in [2.24, 2.45) is 5.92 Å². The summed E-state index contributed by atoms with van der Waals surface area (Å²) in [5.74, 6) is -0.374. The van der Waals surface area contributed by atoms with Crippen LogP contribution in [0.25, 0.3) is 4.85 Å². The number of nitrogens with zero attached hydrogens (tertiary/aromatic N) is 1. The van der Waals surface area contributed by atoms with Crippen LogP contribution in [0.1, 0.15) is 39.0 Å². The van der Waals surface area contributed by atoms with Crippen LogP contribution < -0.4 is 0 Å². The van der Waals surface area contributed by atoms with Crippen molar-refractivity contribution in [3.8, 4) is 0 Å². The summed E-state index contributed by atoms with van der Waals surface area (Å²) in [6.07, 6.45) is 3.04. The van der Waals surface area contributed by atoms with E-state index in [0.717, 1.165) is 19.3 Å². The minimum atomic E-state index is -0.264. The van der Waals surface area contributed by atoms with Gasteiger partial charge in [-0.15, -0.1) is 0 Å². The lowest BCUT2D eigenvalue weighted by atomic mass is 9.89. The SMILES string of the molecule is [C-]#[N+][C@H](C)C[C@H]1CC[C@@H]2O[C@@H](CCC(=O)OC)[C@@H](CO)C2O1.